The third-order valence-electron chi connectivity index (χ3n) is 4.26. The number of hydrogen-bond acceptors (Lipinski definition) is 5. The quantitative estimate of drug-likeness (QED) is 0.723. The molecule has 2 atom stereocenters. The van der Waals surface area contributed by atoms with Crippen molar-refractivity contribution in [2.75, 3.05) is 6.61 Å². The number of Topliss-reactive ketones (excluding diaryl/α,β-unsaturated/α-hetero) is 1. The third kappa shape index (κ3) is 2.37. The van der Waals surface area contributed by atoms with Gasteiger partial charge in [-0.05, 0) is 47.1 Å². The number of cyclic esters (lactones) is 1. The fourth-order valence-electron chi connectivity index (χ4n) is 2.60. The fraction of sp³-hybridized carbons (Fsp3) is 0.667. The minimum atomic E-state index is -1.23. The average Bonchev–Trinajstić information content (AvgIpc) is 2.54. The topological polar surface area (TPSA) is 69.7 Å². The van der Waals surface area contributed by atoms with Crippen molar-refractivity contribution in [1.82, 2.24) is 0 Å². The molecule has 1 aliphatic heterocycles. The molecule has 0 unspecified atom stereocenters. The number of hydrogen-bond donors (Lipinski definition) is 0. The van der Waals surface area contributed by atoms with Crippen LogP contribution in [0.25, 0.3) is 0 Å². The lowest BCUT2D eigenvalue weighted by Gasteiger charge is -2.41. The van der Waals surface area contributed by atoms with Crippen LogP contribution in [0.15, 0.2) is 11.1 Å². The second kappa shape index (κ2) is 5.38. The number of carbonyl (C=O) groups is 3. The summed E-state index contributed by atoms with van der Waals surface area (Å²) in [6, 6.07) is 0. The summed E-state index contributed by atoms with van der Waals surface area (Å²) in [6.07, 6.45) is -0.0414. The zero-order chi connectivity index (χ0) is 15.7. The zero-order valence-corrected chi connectivity index (χ0v) is 13.0. The lowest BCUT2D eigenvalue weighted by atomic mass is 9.67. The van der Waals surface area contributed by atoms with Crippen LogP contribution in [0.3, 0.4) is 0 Å². The Morgan fingerprint density at radius 2 is 1.90 bits per heavy atom. The highest BCUT2D eigenvalue weighted by Gasteiger charge is 2.59. The molecule has 5 nitrogen and oxygen atoms in total. The molecule has 0 aromatic rings. The maximum atomic E-state index is 12.4. The molecule has 20 heavy (non-hydrogen) atoms. The van der Waals surface area contributed by atoms with Gasteiger partial charge in [0.15, 0.2) is 0 Å². The summed E-state index contributed by atoms with van der Waals surface area (Å²) in [5.41, 5.74) is -1.25. The Morgan fingerprint density at radius 3 is 2.25 bits per heavy atom. The summed E-state index contributed by atoms with van der Waals surface area (Å²) in [4.78, 5) is 35.7. The van der Waals surface area contributed by atoms with Gasteiger partial charge < -0.3 is 9.47 Å². The molecule has 0 amide bonds. The van der Waals surface area contributed by atoms with Crippen LogP contribution in [0.4, 0.5) is 0 Å². The standard InChI is InChI=1S/C15H22O5/c1-7-19-13(18)14(5,8-9(2)16)15(6)11(4)10(3)12(17)20-15/h7-8H2,1-6H3/t14-,15+/m1/s1. The summed E-state index contributed by atoms with van der Waals surface area (Å²) in [5, 5.41) is 0. The Kier molecular flexibility index (Phi) is 4.42. The van der Waals surface area contributed by atoms with Gasteiger partial charge in [0.1, 0.15) is 16.8 Å². The first-order chi connectivity index (χ1) is 9.10. The Morgan fingerprint density at radius 1 is 1.35 bits per heavy atom. The zero-order valence-electron chi connectivity index (χ0n) is 13.0. The molecule has 0 saturated carbocycles. The van der Waals surface area contributed by atoms with E-state index in [0.29, 0.717) is 11.1 Å². The summed E-state index contributed by atoms with van der Waals surface area (Å²) in [7, 11) is 0. The Hall–Kier alpha value is -1.65. The minimum Gasteiger partial charge on any atom is -0.465 e. The van der Waals surface area contributed by atoms with Crippen LogP contribution < -0.4 is 0 Å². The second-order valence-corrected chi connectivity index (χ2v) is 5.60. The van der Waals surface area contributed by atoms with Crippen LogP contribution in [0.5, 0.6) is 0 Å². The SMILES string of the molecule is CCOC(=O)[C@@](C)(CC(C)=O)[C@@]1(C)OC(=O)C(C)=C1C. The van der Waals surface area contributed by atoms with Crippen molar-refractivity contribution in [3.05, 3.63) is 11.1 Å². The molecule has 0 aromatic carbocycles. The monoisotopic (exact) mass is 282 g/mol. The van der Waals surface area contributed by atoms with Crippen molar-refractivity contribution < 1.29 is 23.9 Å². The number of ketones is 1. The molecular weight excluding hydrogens is 260 g/mol. The maximum absolute atomic E-state index is 12.4. The van der Waals surface area contributed by atoms with Crippen LogP contribution in [-0.2, 0) is 23.9 Å². The van der Waals surface area contributed by atoms with Gasteiger partial charge in [-0.15, -0.1) is 0 Å². The van der Waals surface area contributed by atoms with Crippen molar-refractivity contribution in [3.8, 4) is 0 Å². The van der Waals surface area contributed by atoms with Crippen LogP contribution in [0.1, 0.15) is 48.0 Å². The van der Waals surface area contributed by atoms with Gasteiger partial charge in [0.05, 0.1) is 6.61 Å². The van der Waals surface area contributed by atoms with Gasteiger partial charge in [0.25, 0.3) is 0 Å². The van der Waals surface area contributed by atoms with Gasteiger partial charge >= 0.3 is 11.9 Å². The van der Waals surface area contributed by atoms with Crippen LogP contribution in [-0.4, -0.2) is 29.9 Å². The predicted molar refractivity (Wildman–Crippen MR) is 72.9 cm³/mol. The molecule has 0 radical (unpaired) electrons. The molecule has 0 N–H and O–H groups in total. The van der Waals surface area contributed by atoms with E-state index in [0.717, 1.165) is 0 Å². The molecule has 0 aromatic heterocycles. The molecule has 0 bridgehead atoms. The first-order valence-corrected chi connectivity index (χ1v) is 6.68. The van der Waals surface area contributed by atoms with E-state index in [9.17, 15) is 14.4 Å². The summed E-state index contributed by atoms with van der Waals surface area (Å²) in [5.74, 6) is -1.14. The molecule has 0 saturated heterocycles. The van der Waals surface area contributed by atoms with Gasteiger partial charge in [-0.3, -0.25) is 9.59 Å². The summed E-state index contributed by atoms with van der Waals surface area (Å²) in [6.45, 7) is 9.99. The minimum absolute atomic E-state index is 0.0414. The maximum Gasteiger partial charge on any atom is 0.334 e. The highest BCUT2D eigenvalue weighted by molar-refractivity contribution is 5.95. The summed E-state index contributed by atoms with van der Waals surface area (Å²) >= 11 is 0. The van der Waals surface area contributed by atoms with Gasteiger partial charge in [0.2, 0.25) is 0 Å². The third-order valence-corrected chi connectivity index (χ3v) is 4.26. The van der Waals surface area contributed by atoms with E-state index in [1.807, 2.05) is 0 Å². The number of rotatable bonds is 5. The molecular formula is C15H22O5. The Labute approximate surface area is 119 Å². The smallest absolute Gasteiger partial charge is 0.334 e. The second-order valence-electron chi connectivity index (χ2n) is 5.60. The van der Waals surface area contributed by atoms with E-state index in [4.69, 9.17) is 9.47 Å². The highest BCUT2D eigenvalue weighted by Crippen LogP contribution is 2.48. The molecule has 0 fully saturated rings. The Bertz CT molecular complexity index is 490. The van der Waals surface area contributed by atoms with E-state index in [-0.39, 0.29) is 18.8 Å². The number of ether oxygens (including phenoxy) is 2. The summed E-state index contributed by atoms with van der Waals surface area (Å²) < 4.78 is 10.5. The lowest BCUT2D eigenvalue weighted by Crippen LogP contribution is -2.52. The van der Waals surface area contributed by atoms with Crippen LogP contribution in [0.2, 0.25) is 0 Å². The number of esters is 2. The molecule has 112 valence electrons. The first-order valence-electron chi connectivity index (χ1n) is 6.68. The molecule has 1 aliphatic rings. The molecule has 0 spiro atoms. The first kappa shape index (κ1) is 16.4. The average molecular weight is 282 g/mol. The predicted octanol–water partition coefficient (Wildman–Crippen LogP) is 2.19. The fourth-order valence-corrected chi connectivity index (χ4v) is 2.60. The van der Waals surface area contributed by atoms with E-state index < -0.39 is 23.0 Å². The van der Waals surface area contributed by atoms with E-state index in [1.54, 1.807) is 34.6 Å². The van der Waals surface area contributed by atoms with E-state index >= 15 is 0 Å². The lowest BCUT2D eigenvalue weighted by molar-refractivity contribution is -0.178. The largest absolute Gasteiger partial charge is 0.465 e. The molecule has 5 heteroatoms. The van der Waals surface area contributed by atoms with Gasteiger partial charge in [-0.2, -0.15) is 0 Å². The van der Waals surface area contributed by atoms with Crippen LogP contribution >= 0.6 is 0 Å². The van der Waals surface area contributed by atoms with Crippen molar-refractivity contribution in [1.29, 1.82) is 0 Å². The molecule has 0 aliphatic carbocycles. The van der Waals surface area contributed by atoms with Gasteiger partial charge in [-0.25, -0.2) is 4.79 Å². The Balaban J connectivity index is 3.35. The number of carbonyl (C=O) groups excluding carboxylic acids is 3. The molecule has 1 rings (SSSR count). The van der Waals surface area contributed by atoms with E-state index in [1.165, 1.54) is 6.92 Å². The van der Waals surface area contributed by atoms with Crippen molar-refractivity contribution in [2.24, 2.45) is 5.41 Å². The van der Waals surface area contributed by atoms with Crippen LogP contribution in [0, 0.1) is 5.41 Å². The van der Waals surface area contributed by atoms with Crippen molar-refractivity contribution in [2.45, 2.75) is 53.6 Å². The highest BCUT2D eigenvalue weighted by atomic mass is 16.6. The van der Waals surface area contributed by atoms with E-state index in [2.05, 4.69) is 0 Å². The van der Waals surface area contributed by atoms with Crippen molar-refractivity contribution in [3.63, 3.8) is 0 Å². The van der Waals surface area contributed by atoms with Crippen molar-refractivity contribution >= 4 is 17.7 Å². The van der Waals surface area contributed by atoms with Gasteiger partial charge in [0, 0.05) is 12.0 Å². The molecule has 1 heterocycles. The van der Waals surface area contributed by atoms with Gasteiger partial charge in [-0.1, -0.05) is 0 Å². The normalized spacial score (nSPS) is 25.2.